The van der Waals surface area contributed by atoms with Crippen LogP contribution < -0.4 is 19.7 Å². The van der Waals surface area contributed by atoms with Crippen molar-refractivity contribution in [2.75, 3.05) is 46.7 Å². The van der Waals surface area contributed by atoms with E-state index in [9.17, 15) is 14.0 Å². The molecule has 0 spiro atoms. The summed E-state index contributed by atoms with van der Waals surface area (Å²) in [6, 6.07) is 11.7. The largest absolute Gasteiger partial charge is 0.497 e. The van der Waals surface area contributed by atoms with Gasteiger partial charge in [0.2, 0.25) is 5.91 Å². The van der Waals surface area contributed by atoms with Gasteiger partial charge in [0.1, 0.15) is 12.3 Å². The van der Waals surface area contributed by atoms with Crippen molar-refractivity contribution in [3.63, 3.8) is 0 Å². The molecule has 0 saturated heterocycles. The fraction of sp³-hybridized carbons (Fsp3) is 0.333. The van der Waals surface area contributed by atoms with Crippen molar-refractivity contribution in [1.82, 2.24) is 4.90 Å². The Morgan fingerprint density at radius 2 is 1.90 bits per heavy atom. The summed E-state index contributed by atoms with van der Waals surface area (Å²) in [6.07, 6.45) is 0. The maximum Gasteiger partial charge on any atom is 0.277 e. The average Bonchev–Trinajstić information content (AvgIpc) is 2.68. The molecule has 2 aromatic carbocycles. The zero-order valence-corrected chi connectivity index (χ0v) is 17.1. The SMILES string of the molecule is COc1cccc(NC(=O)CN(C)C(=O)C[NH+](C)Cc2ccc(OC)c(F)c2)c1. The Labute approximate surface area is 170 Å². The first-order valence-corrected chi connectivity index (χ1v) is 9.14. The molecule has 0 aliphatic carbocycles. The Hall–Kier alpha value is -3.13. The molecule has 0 aliphatic rings. The van der Waals surface area contributed by atoms with Crippen molar-refractivity contribution in [3.05, 3.63) is 53.8 Å². The minimum Gasteiger partial charge on any atom is -0.497 e. The zero-order chi connectivity index (χ0) is 21.4. The van der Waals surface area contributed by atoms with E-state index in [1.807, 2.05) is 7.05 Å². The molecular formula is C21H27FN3O4+. The molecule has 0 radical (unpaired) electrons. The molecule has 156 valence electrons. The number of anilines is 1. The minimum atomic E-state index is -0.435. The van der Waals surface area contributed by atoms with Gasteiger partial charge in [0.15, 0.2) is 18.1 Å². The minimum absolute atomic E-state index is 0.0690. The second kappa shape index (κ2) is 10.4. The summed E-state index contributed by atoms with van der Waals surface area (Å²) in [7, 11) is 6.37. The van der Waals surface area contributed by atoms with Gasteiger partial charge in [0, 0.05) is 24.4 Å². The van der Waals surface area contributed by atoms with Crippen molar-refractivity contribution >= 4 is 17.5 Å². The van der Waals surface area contributed by atoms with Gasteiger partial charge < -0.3 is 24.6 Å². The number of methoxy groups -OCH3 is 2. The summed E-state index contributed by atoms with van der Waals surface area (Å²) in [5.41, 5.74) is 1.35. The number of ether oxygens (including phenoxy) is 2. The van der Waals surface area contributed by atoms with E-state index in [-0.39, 0.29) is 30.7 Å². The standard InChI is InChI=1S/C21H26FN3O4/c1-24(12-15-8-9-19(29-4)18(22)10-15)14-21(27)25(2)13-20(26)23-16-6-5-7-17(11-16)28-3/h5-11H,12-14H2,1-4H3,(H,23,26)/p+1. The van der Waals surface area contributed by atoms with Gasteiger partial charge in [0.05, 0.1) is 27.8 Å². The molecule has 0 heterocycles. The van der Waals surface area contributed by atoms with Crippen LogP contribution >= 0.6 is 0 Å². The van der Waals surface area contributed by atoms with Crippen LogP contribution in [0.1, 0.15) is 5.56 Å². The Morgan fingerprint density at radius 3 is 2.55 bits per heavy atom. The van der Waals surface area contributed by atoms with Gasteiger partial charge in [-0.1, -0.05) is 6.07 Å². The van der Waals surface area contributed by atoms with E-state index in [1.165, 1.54) is 18.1 Å². The maximum absolute atomic E-state index is 13.8. The molecule has 2 aromatic rings. The molecule has 2 amide bonds. The lowest BCUT2D eigenvalue weighted by Gasteiger charge is -2.20. The lowest BCUT2D eigenvalue weighted by molar-refractivity contribution is -0.885. The molecule has 0 aliphatic heterocycles. The maximum atomic E-state index is 13.8. The number of nitrogens with zero attached hydrogens (tertiary/aromatic N) is 1. The summed E-state index contributed by atoms with van der Waals surface area (Å²) in [4.78, 5) is 26.8. The van der Waals surface area contributed by atoms with Crippen LogP contribution in [-0.2, 0) is 16.1 Å². The van der Waals surface area contributed by atoms with Gasteiger partial charge in [-0.05, 0) is 30.3 Å². The van der Waals surface area contributed by atoms with E-state index >= 15 is 0 Å². The number of amides is 2. The molecule has 0 saturated carbocycles. The topological polar surface area (TPSA) is 72.3 Å². The summed E-state index contributed by atoms with van der Waals surface area (Å²) < 4.78 is 23.8. The second-order valence-electron chi connectivity index (χ2n) is 6.81. The Kier molecular flexibility index (Phi) is 7.97. The summed E-state index contributed by atoms with van der Waals surface area (Å²) in [5, 5.41) is 2.74. The molecule has 1 atom stereocenters. The first-order valence-electron chi connectivity index (χ1n) is 9.14. The third-order valence-electron chi connectivity index (χ3n) is 4.34. The smallest absolute Gasteiger partial charge is 0.277 e. The third kappa shape index (κ3) is 6.76. The van der Waals surface area contributed by atoms with Crippen molar-refractivity contribution in [1.29, 1.82) is 0 Å². The highest BCUT2D eigenvalue weighted by atomic mass is 19.1. The van der Waals surface area contributed by atoms with Crippen molar-refractivity contribution in [2.24, 2.45) is 0 Å². The molecule has 0 aromatic heterocycles. The number of hydrogen-bond donors (Lipinski definition) is 2. The van der Waals surface area contributed by atoms with Gasteiger partial charge >= 0.3 is 0 Å². The first kappa shape index (κ1) is 22.2. The molecule has 0 bridgehead atoms. The van der Waals surface area contributed by atoms with Gasteiger partial charge in [-0.2, -0.15) is 0 Å². The first-order chi connectivity index (χ1) is 13.8. The molecule has 0 fully saturated rings. The average molecular weight is 404 g/mol. The van der Waals surface area contributed by atoms with E-state index in [2.05, 4.69) is 5.32 Å². The van der Waals surface area contributed by atoms with Crippen molar-refractivity contribution in [3.8, 4) is 11.5 Å². The molecule has 1 unspecified atom stereocenters. The Balaban J connectivity index is 1.84. The third-order valence-corrected chi connectivity index (χ3v) is 4.34. The quantitative estimate of drug-likeness (QED) is 0.653. The predicted molar refractivity (Wildman–Crippen MR) is 108 cm³/mol. The van der Waals surface area contributed by atoms with Crippen LogP contribution in [-0.4, -0.2) is 58.1 Å². The van der Waals surface area contributed by atoms with Crippen LogP contribution in [0.2, 0.25) is 0 Å². The highest BCUT2D eigenvalue weighted by Gasteiger charge is 2.18. The fourth-order valence-corrected chi connectivity index (χ4v) is 2.83. The van der Waals surface area contributed by atoms with Gasteiger partial charge in [-0.25, -0.2) is 4.39 Å². The van der Waals surface area contributed by atoms with Gasteiger partial charge in [-0.3, -0.25) is 9.59 Å². The van der Waals surface area contributed by atoms with E-state index in [0.717, 1.165) is 10.5 Å². The number of hydrogen-bond acceptors (Lipinski definition) is 4. The normalized spacial score (nSPS) is 11.5. The van der Waals surface area contributed by atoms with E-state index in [4.69, 9.17) is 9.47 Å². The van der Waals surface area contributed by atoms with E-state index < -0.39 is 5.82 Å². The number of carbonyl (C=O) groups excluding carboxylic acids is 2. The van der Waals surface area contributed by atoms with E-state index in [1.54, 1.807) is 50.6 Å². The number of halogens is 1. The molecule has 7 nitrogen and oxygen atoms in total. The number of nitrogens with one attached hydrogen (secondary N) is 2. The van der Waals surface area contributed by atoms with Crippen LogP contribution in [0.15, 0.2) is 42.5 Å². The lowest BCUT2D eigenvalue weighted by atomic mass is 10.2. The molecular weight excluding hydrogens is 377 g/mol. The molecule has 8 heteroatoms. The van der Waals surface area contributed by atoms with Crippen LogP contribution in [0.3, 0.4) is 0 Å². The van der Waals surface area contributed by atoms with E-state index in [0.29, 0.717) is 18.0 Å². The predicted octanol–water partition coefficient (Wildman–Crippen LogP) is 0.955. The summed E-state index contributed by atoms with van der Waals surface area (Å²) >= 11 is 0. The monoisotopic (exact) mass is 404 g/mol. The van der Waals surface area contributed by atoms with Crippen LogP contribution in [0.25, 0.3) is 0 Å². The Bertz CT molecular complexity index is 860. The number of benzene rings is 2. The summed E-state index contributed by atoms with van der Waals surface area (Å²) in [5.74, 6) is -0.103. The number of likely N-dealkylation sites (N-methyl/N-ethyl adjacent to an activating group) is 2. The number of rotatable bonds is 9. The lowest BCUT2D eigenvalue weighted by Crippen LogP contribution is -3.08. The fourth-order valence-electron chi connectivity index (χ4n) is 2.83. The number of quaternary nitrogens is 1. The molecule has 2 rings (SSSR count). The van der Waals surface area contributed by atoms with Gasteiger partial charge in [-0.15, -0.1) is 0 Å². The molecule has 2 N–H and O–H groups in total. The van der Waals surface area contributed by atoms with Crippen LogP contribution in [0.4, 0.5) is 10.1 Å². The summed E-state index contributed by atoms with van der Waals surface area (Å²) in [6.45, 7) is 0.577. The highest BCUT2D eigenvalue weighted by molar-refractivity contribution is 5.94. The highest BCUT2D eigenvalue weighted by Crippen LogP contribution is 2.17. The number of carbonyl (C=O) groups is 2. The Morgan fingerprint density at radius 1 is 1.14 bits per heavy atom. The second-order valence-corrected chi connectivity index (χ2v) is 6.81. The van der Waals surface area contributed by atoms with Crippen molar-refractivity contribution in [2.45, 2.75) is 6.54 Å². The van der Waals surface area contributed by atoms with Crippen LogP contribution in [0.5, 0.6) is 11.5 Å². The molecule has 29 heavy (non-hydrogen) atoms. The van der Waals surface area contributed by atoms with Gasteiger partial charge in [0.25, 0.3) is 5.91 Å². The van der Waals surface area contributed by atoms with Crippen molar-refractivity contribution < 1.29 is 28.4 Å². The van der Waals surface area contributed by atoms with Crippen LogP contribution in [0, 0.1) is 5.82 Å². The zero-order valence-electron chi connectivity index (χ0n) is 17.1.